The molecule has 0 atom stereocenters. The van der Waals surface area contributed by atoms with Gasteiger partial charge in [0, 0.05) is 22.1 Å². The van der Waals surface area contributed by atoms with Crippen molar-refractivity contribution in [1.29, 1.82) is 0 Å². The Morgan fingerprint density at radius 1 is 0.595 bits per heavy atom. The summed E-state index contributed by atoms with van der Waals surface area (Å²) in [5, 5.41) is 14.3. The van der Waals surface area contributed by atoms with Crippen molar-refractivity contribution in [3.05, 3.63) is 96.6 Å². The van der Waals surface area contributed by atoms with Crippen LogP contribution in [0.1, 0.15) is 0 Å². The van der Waals surface area contributed by atoms with Gasteiger partial charge in [-0.05, 0) is 72.8 Å². The van der Waals surface area contributed by atoms with Crippen molar-refractivity contribution in [3.63, 3.8) is 0 Å². The van der Waals surface area contributed by atoms with Crippen LogP contribution < -0.4 is 20.9 Å². The van der Waals surface area contributed by atoms with E-state index in [1.807, 2.05) is 0 Å². The average molecular weight is 613 g/mol. The van der Waals surface area contributed by atoms with Crippen LogP contribution in [-0.4, -0.2) is 37.2 Å². The lowest BCUT2D eigenvalue weighted by Gasteiger charge is -2.08. The van der Waals surface area contributed by atoms with Gasteiger partial charge in [0.25, 0.3) is 20.0 Å². The standard InChI is InChI=1S/2C13H11FN4O2S/c2*14-8-2-1-3-10(6-8)21(19,20)18-9-4-5-12-11(7-9)13(15)17-16-12/h2*1-7,18H,(H3,15,16,17). The quantitative estimate of drug-likeness (QED) is 0.161. The van der Waals surface area contributed by atoms with E-state index in [2.05, 4.69) is 29.8 Å². The van der Waals surface area contributed by atoms with Crippen LogP contribution in [0.25, 0.3) is 21.8 Å². The summed E-state index contributed by atoms with van der Waals surface area (Å²) in [6.45, 7) is 0. The van der Waals surface area contributed by atoms with E-state index in [0.717, 1.165) is 12.1 Å². The second-order valence-electron chi connectivity index (χ2n) is 8.86. The summed E-state index contributed by atoms with van der Waals surface area (Å²) in [7, 11) is -7.72. The fraction of sp³-hybridized carbons (Fsp3) is 0. The molecule has 0 saturated heterocycles. The van der Waals surface area contributed by atoms with E-state index < -0.39 is 31.7 Å². The molecule has 216 valence electrons. The number of nitrogens with one attached hydrogen (secondary N) is 4. The zero-order valence-electron chi connectivity index (χ0n) is 21.3. The summed E-state index contributed by atoms with van der Waals surface area (Å²) >= 11 is 0. The molecule has 0 amide bonds. The van der Waals surface area contributed by atoms with E-state index in [0.29, 0.717) is 33.2 Å². The number of nitrogens with zero attached hydrogens (tertiary/aromatic N) is 2. The van der Waals surface area contributed by atoms with E-state index in [1.54, 1.807) is 36.4 Å². The van der Waals surface area contributed by atoms with Crippen LogP contribution in [0.2, 0.25) is 0 Å². The Hall–Kier alpha value is -5.22. The fourth-order valence-corrected chi connectivity index (χ4v) is 6.05. The zero-order valence-corrected chi connectivity index (χ0v) is 23.0. The first kappa shape index (κ1) is 28.3. The van der Waals surface area contributed by atoms with Crippen molar-refractivity contribution in [2.24, 2.45) is 0 Å². The summed E-state index contributed by atoms with van der Waals surface area (Å²) in [6, 6.07) is 19.1. The average Bonchev–Trinajstić information content (AvgIpc) is 3.50. The normalized spacial score (nSPS) is 11.7. The molecule has 0 radical (unpaired) electrons. The number of sulfonamides is 2. The molecule has 42 heavy (non-hydrogen) atoms. The Balaban J connectivity index is 0.000000168. The van der Waals surface area contributed by atoms with E-state index in [1.165, 1.54) is 36.4 Å². The first-order valence-electron chi connectivity index (χ1n) is 12.0. The van der Waals surface area contributed by atoms with Crippen LogP contribution in [0.5, 0.6) is 0 Å². The number of aromatic nitrogens is 4. The lowest BCUT2D eigenvalue weighted by molar-refractivity contribution is 0.594. The highest BCUT2D eigenvalue weighted by atomic mass is 32.2. The number of hydrogen-bond donors (Lipinski definition) is 6. The molecular formula is C26H22F2N8O4S2. The van der Waals surface area contributed by atoms with Crippen LogP contribution in [0, 0.1) is 11.6 Å². The third-order valence-electron chi connectivity index (χ3n) is 5.90. The number of halogens is 2. The Bertz CT molecular complexity index is 2000. The topological polar surface area (TPSA) is 202 Å². The van der Waals surface area contributed by atoms with Crippen molar-refractivity contribution in [2.75, 3.05) is 20.9 Å². The van der Waals surface area contributed by atoms with Gasteiger partial charge in [-0.2, -0.15) is 10.2 Å². The monoisotopic (exact) mass is 612 g/mol. The molecule has 0 bridgehead atoms. The molecule has 12 nitrogen and oxygen atoms in total. The number of anilines is 4. The van der Waals surface area contributed by atoms with Gasteiger partial charge in [0.2, 0.25) is 0 Å². The highest BCUT2D eigenvalue weighted by molar-refractivity contribution is 7.93. The SMILES string of the molecule is Nc1n[nH]c2ccc(NS(=O)(=O)c3cccc(F)c3)cc12.Nc1n[nH]c2ccc(NS(=O)(=O)c3cccc(F)c3)cc12. The number of fused-ring (bicyclic) bond motifs is 2. The molecule has 4 aromatic carbocycles. The Labute approximate surface area is 237 Å². The lowest BCUT2D eigenvalue weighted by atomic mass is 10.2. The van der Waals surface area contributed by atoms with E-state index in [-0.39, 0.29) is 21.4 Å². The van der Waals surface area contributed by atoms with Crippen LogP contribution >= 0.6 is 0 Å². The van der Waals surface area contributed by atoms with Gasteiger partial charge in [0.05, 0.1) is 20.8 Å². The summed E-state index contributed by atoms with van der Waals surface area (Å²) in [5.41, 5.74) is 13.4. The number of nitrogens with two attached hydrogens (primary N) is 2. The molecule has 0 fully saturated rings. The highest BCUT2D eigenvalue weighted by Crippen LogP contribution is 2.25. The minimum atomic E-state index is -3.86. The third kappa shape index (κ3) is 6.08. The first-order chi connectivity index (χ1) is 19.9. The predicted octanol–water partition coefficient (Wildman–Crippen LogP) is 4.17. The number of hydrogen-bond acceptors (Lipinski definition) is 8. The number of nitrogen functional groups attached to an aromatic ring is 2. The van der Waals surface area contributed by atoms with Crippen LogP contribution in [0.4, 0.5) is 31.8 Å². The highest BCUT2D eigenvalue weighted by Gasteiger charge is 2.17. The Morgan fingerprint density at radius 3 is 1.38 bits per heavy atom. The van der Waals surface area contributed by atoms with Crippen LogP contribution in [-0.2, 0) is 20.0 Å². The van der Waals surface area contributed by atoms with Crippen LogP contribution in [0.3, 0.4) is 0 Å². The number of H-pyrrole nitrogens is 2. The van der Waals surface area contributed by atoms with Crippen molar-refractivity contribution in [2.45, 2.75) is 9.79 Å². The predicted molar refractivity (Wildman–Crippen MR) is 155 cm³/mol. The zero-order chi connectivity index (χ0) is 30.1. The second-order valence-corrected chi connectivity index (χ2v) is 12.2. The molecule has 0 spiro atoms. The molecule has 6 aromatic rings. The minimum absolute atomic E-state index is 0.150. The van der Waals surface area contributed by atoms with Crippen LogP contribution in [0.15, 0.2) is 94.7 Å². The molecule has 0 unspecified atom stereocenters. The molecule has 16 heteroatoms. The molecule has 8 N–H and O–H groups in total. The van der Waals surface area contributed by atoms with Gasteiger partial charge in [0.1, 0.15) is 11.6 Å². The first-order valence-corrected chi connectivity index (χ1v) is 14.9. The van der Waals surface area contributed by atoms with Gasteiger partial charge in [-0.3, -0.25) is 19.6 Å². The largest absolute Gasteiger partial charge is 0.382 e. The number of aromatic amines is 2. The van der Waals surface area contributed by atoms with E-state index in [4.69, 9.17) is 11.5 Å². The minimum Gasteiger partial charge on any atom is -0.382 e. The van der Waals surface area contributed by atoms with Crippen molar-refractivity contribution < 1.29 is 25.6 Å². The van der Waals surface area contributed by atoms with E-state index in [9.17, 15) is 25.6 Å². The fourth-order valence-electron chi connectivity index (χ4n) is 3.89. The van der Waals surface area contributed by atoms with Crippen molar-refractivity contribution >= 4 is 64.9 Å². The molecule has 0 aliphatic rings. The van der Waals surface area contributed by atoms with Gasteiger partial charge in [-0.1, -0.05) is 12.1 Å². The molecule has 0 aliphatic carbocycles. The lowest BCUT2D eigenvalue weighted by Crippen LogP contribution is -2.13. The molecule has 2 heterocycles. The number of benzene rings is 4. The van der Waals surface area contributed by atoms with E-state index >= 15 is 0 Å². The maximum Gasteiger partial charge on any atom is 0.261 e. The van der Waals surface area contributed by atoms with Gasteiger partial charge in [-0.15, -0.1) is 0 Å². The van der Waals surface area contributed by atoms with Crippen molar-refractivity contribution in [3.8, 4) is 0 Å². The third-order valence-corrected chi connectivity index (χ3v) is 8.66. The van der Waals surface area contributed by atoms with Crippen molar-refractivity contribution in [1.82, 2.24) is 20.4 Å². The second kappa shape index (κ2) is 11.0. The molecule has 0 saturated carbocycles. The summed E-state index contributed by atoms with van der Waals surface area (Å²) in [4.78, 5) is -0.300. The van der Waals surface area contributed by atoms with Gasteiger partial charge in [-0.25, -0.2) is 25.6 Å². The maximum absolute atomic E-state index is 13.1. The number of rotatable bonds is 6. The Kier molecular flexibility index (Phi) is 7.40. The maximum atomic E-state index is 13.1. The Morgan fingerprint density at radius 2 is 1.00 bits per heavy atom. The molecule has 0 aliphatic heterocycles. The summed E-state index contributed by atoms with van der Waals surface area (Å²) in [6.07, 6.45) is 0. The van der Waals surface area contributed by atoms with Gasteiger partial charge >= 0.3 is 0 Å². The molecule has 6 rings (SSSR count). The summed E-state index contributed by atoms with van der Waals surface area (Å²) < 4.78 is 79.8. The van der Waals surface area contributed by atoms with Gasteiger partial charge < -0.3 is 11.5 Å². The molecule has 2 aromatic heterocycles. The smallest absolute Gasteiger partial charge is 0.261 e. The molecular weight excluding hydrogens is 590 g/mol. The van der Waals surface area contributed by atoms with Gasteiger partial charge in [0.15, 0.2) is 11.6 Å². The summed E-state index contributed by atoms with van der Waals surface area (Å²) in [5.74, 6) is -0.687.